The highest BCUT2D eigenvalue weighted by Gasteiger charge is 2.30. The van der Waals surface area contributed by atoms with Crippen LogP contribution < -0.4 is 10.2 Å². The van der Waals surface area contributed by atoms with Gasteiger partial charge in [-0.15, -0.1) is 0 Å². The van der Waals surface area contributed by atoms with E-state index in [-0.39, 0.29) is 23.4 Å². The van der Waals surface area contributed by atoms with Crippen LogP contribution in [0.1, 0.15) is 20.8 Å². The molecule has 1 N–H and O–H groups in total. The van der Waals surface area contributed by atoms with E-state index >= 15 is 0 Å². The molecule has 8 heteroatoms. The first kappa shape index (κ1) is 18.7. The van der Waals surface area contributed by atoms with Gasteiger partial charge in [0.15, 0.2) is 0 Å². The van der Waals surface area contributed by atoms with E-state index in [2.05, 4.69) is 10.2 Å². The van der Waals surface area contributed by atoms with Gasteiger partial charge in [0.25, 0.3) is 5.69 Å². The van der Waals surface area contributed by atoms with E-state index < -0.39 is 11.0 Å². The summed E-state index contributed by atoms with van der Waals surface area (Å²) in [7, 11) is 0. The number of piperazine rings is 1. The number of amides is 2. The van der Waals surface area contributed by atoms with Gasteiger partial charge in [-0.3, -0.25) is 19.7 Å². The second-order valence-electron chi connectivity index (χ2n) is 6.51. The van der Waals surface area contributed by atoms with Gasteiger partial charge in [-0.1, -0.05) is 13.8 Å². The molecule has 1 aromatic rings. The highest BCUT2D eigenvalue weighted by atomic mass is 16.6. The zero-order valence-corrected chi connectivity index (χ0v) is 14.8. The Hall–Kier alpha value is -2.64. The molecule has 2 rings (SSSR count). The van der Waals surface area contributed by atoms with Gasteiger partial charge in [-0.25, -0.2) is 0 Å². The molecule has 1 aromatic carbocycles. The molecule has 0 saturated carbocycles. The third-order valence-electron chi connectivity index (χ3n) is 4.31. The van der Waals surface area contributed by atoms with Crippen LogP contribution >= 0.6 is 0 Å². The van der Waals surface area contributed by atoms with Crippen molar-refractivity contribution in [2.45, 2.75) is 26.8 Å². The number of hydrogen-bond donors (Lipinski definition) is 1. The van der Waals surface area contributed by atoms with Gasteiger partial charge in [-0.2, -0.15) is 0 Å². The summed E-state index contributed by atoms with van der Waals surface area (Å²) in [5, 5.41) is 13.4. The summed E-state index contributed by atoms with van der Waals surface area (Å²) in [6, 6.07) is 5.91. The van der Waals surface area contributed by atoms with Crippen LogP contribution in [-0.4, -0.2) is 53.9 Å². The average Bonchev–Trinajstić information content (AvgIpc) is 2.59. The van der Waals surface area contributed by atoms with Crippen molar-refractivity contribution in [2.75, 3.05) is 31.1 Å². The summed E-state index contributed by atoms with van der Waals surface area (Å²) in [5.74, 6) is -0.255. The molecule has 1 fully saturated rings. The minimum absolute atomic E-state index is 0.0177. The van der Waals surface area contributed by atoms with Crippen LogP contribution in [0.25, 0.3) is 0 Å². The smallest absolute Gasteiger partial charge is 0.269 e. The Morgan fingerprint density at radius 1 is 1.12 bits per heavy atom. The Kier molecular flexibility index (Phi) is 5.95. The summed E-state index contributed by atoms with van der Waals surface area (Å²) >= 11 is 0. The summed E-state index contributed by atoms with van der Waals surface area (Å²) in [6.45, 7) is 7.63. The molecule has 0 bridgehead atoms. The van der Waals surface area contributed by atoms with Crippen molar-refractivity contribution in [3.05, 3.63) is 34.4 Å². The van der Waals surface area contributed by atoms with E-state index in [4.69, 9.17) is 0 Å². The quantitative estimate of drug-likeness (QED) is 0.641. The first-order valence-electron chi connectivity index (χ1n) is 8.35. The van der Waals surface area contributed by atoms with Crippen molar-refractivity contribution in [1.29, 1.82) is 0 Å². The number of nitrogens with zero attached hydrogens (tertiary/aromatic N) is 3. The largest absolute Gasteiger partial charge is 0.368 e. The number of nitro benzene ring substituents is 1. The van der Waals surface area contributed by atoms with Gasteiger partial charge in [0.1, 0.15) is 6.04 Å². The van der Waals surface area contributed by atoms with Crippen molar-refractivity contribution in [2.24, 2.45) is 5.92 Å². The van der Waals surface area contributed by atoms with Gasteiger partial charge in [0, 0.05) is 50.9 Å². The van der Waals surface area contributed by atoms with Crippen LogP contribution in [-0.2, 0) is 9.59 Å². The van der Waals surface area contributed by atoms with E-state index in [1.807, 2.05) is 13.8 Å². The third kappa shape index (κ3) is 4.68. The van der Waals surface area contributed by atoms with Crippen LogP contribution in [0.4, 0.5) is 11.4 Å². The number of anilines is 1. The molecule has 25 heavy (non-hydrogen) atoms. The molecule has 136 valence electrons. The molecule has 2 amide bonds. The maximum Gasteiger partial charge on any atom is 0.269 e. The van der Waals surface area contributed by atoms with E-state index in [9.17, 15) is 19.7 Å². The van der Waals surface area contributed by atoms with Gasteiger partial charge in [0.05, 0.1) is 4.92 Å². The fraction of sp³-hybridized carbons (Fsp3) is 0.529. The minimum Gasteiger partial charge on any atom is -0.368 e. The first-order chi connectivity index (χ1) is 11.8. The fourth-order valence-corrected chi connectivity index (χ4v) is 2.90. The fourth-order valence-electron chi connectivity index (χ4n) is 2.90. The molecule has 0 aliphatic carbocycles. The Morgan fingerprint density at radius 3 is 2.12 bits per heavy atom. The third-order valence-corrected chi connectivity index (χ3v) is 4.31. The van der Waals surface area contributed by atoms with Crippen LogP contribution in [0.15, 0.2) is 24.3 Å². The summed E-state index contributed by atoms with van der Waals surface area (Å²) in [5.41, 5.74) is 0.965. The Balaban J connectivity index is 1.97. The van der Waals surface area contributed by atoms with E-state index in [1.54, 1.807) is 17.0 Å². The zero-order valence-electron chi connectivity index (χ0n) is 14.8. The highest BCUT2D eigenvalue weighted by molar-refractivity contribution is 5.87. The van der Waals surface area contributed by atoms with Crippen LogP contribution in [0.3, 0.4) is 0 Å². The monoisotopic (exact) mass is 348 g/mol. The number of carbonyl (C=O) groups excluding carboxylic acids is 2. The van der Waals surface area contributed by atoms with E-state index in [0.29, 0.717) is 26.2 Å². The van der Waals surface area contributed by atoms with Crippen molar-refractivity contribution in [1.82, 2.24) is 10.2 Å². The lowest BCUT2D eigenvalue weighted by molar-refractivity contribution is -0.384. The molecular formula is C17H24N4O4. The minimum atomic E-state index is -0.511. The predicted molar refractivity (Wildman–Crippen MR) is 94.3 cm³/mol. The van der Waals surface area contributed by atoms with Crippen LogP contribution in [0.5, 0.6) is 0 Å². The lowest BCUT2D eigenvalue weighted by atomic mass is 10.0. The number of nitrogens with one attached hydrogen (secondary N) is 1. The maximum atomic E-state index is 12.7. The molecule has 0 aromatic heterocycles. The molecule has 8 nitrogen and oxygen atoms in total. The number of hydrogen-bond acceptors (Lipinski definition) is 5. The van der Waals surface area contributed by atoms with Crippen LogP contribution in [0.2, 0.25) is 0 Å². The summed E-state index contributed by atoms with van der Waals surface area (Å²) in [4.78, 5) is 38.1. The van der Waals surface area contributed by atoms with E-state index in [0.717, 1.165) is 5.69 Å². The van der Waals surface area contributed by atoms with E-state index in [1.165, 1.54) is 19.1 Å². The molecule has 0 spiro atoms. The van der Waals surface area contributed by atoms with Crippen molar-refractivity contribution in [3.8, 4) is 0 Å². The van der Waals surface area contributed by atoms with Gasteiger partial charge < -0.3 is 15.1 Å². The molecule has 1 aliphatic rings. The Bertz CT molecular complexity index is 637. The topological polar surface area (TPSA) is 95.8 Å². The summed E-state index contributed by atoms with van der Waals surface area (Å²) in [6.07, 6.45) is 0. The standard InChI is InChI=1S/C17H24N4O4/c1-12(2)16(18-13(3)22)17(23)20-10-8-19(9-11-20)14-4-6-15(7-5-14)21(24)25/h4-7,12,16H,8-11H2,1-3H3,(H,18,22)/t16-/m1/s1. The molecule has 1 aliphatic heterocycles. The molecular weight excluding hydrogens is 324 g/mol. The maximum absolute atomic E-state index is 12.7. The van der Waals surface area contributed by atoms with Crippen molar-refractivity contribution < 1.29 is 14.5 Å². The van der Waals surface area contributed by atoms with Crippen molar-refractivity contribution >= 4 is 23.2 Å². The highest BCUT2D eigenvalue weighted by Crippen LogP contribution is 2.21. The molecule has 1 atom stereocenters. The van der Waals surface area contributed by atoms with Gasteiger partial charge in [-0.05, 0) is 18.1 Å². The second-order valence-corrected chi connectivity index (χ2v) is 6.51. The zero-order chi connectivity index (χ0) is 18.6. The van der Waals surface area contributed by atoms with Gasteiger partial charge in [0.2, 0.25) is 11.8 Å². The average molecular weight is 348 g/mol. The Labute approximate surface area is 146 Å². The molecule has 0 unspecified atom stereocenters. The molecule has 0 radical (unpaired) electrons. The lowest BCUT2D eigenvalue weighted by Gasteiger charge is -2.38. The van der Waals surface area contributed by atoms with Gasteiger partial charge >= 0.3 is 0 Å². The number of benzene rings is 1. The normalized spacial score (nSPS) is 15.8. The predicted octanol–water partition coefficient (Wildman–Crippen LogP) is 1.40. The Morgan fingerprint density at radius 2 is 1.68 bits per heavy atom. The molecule has 1 saturated heterocycles. The summed E-state index contributed by atoms with van der Waals surface area (Å²) < 4.78 is 0. The number of carbonyl (C=O) groups is 2. The second kappa shape index (κ2) is 7.96. The van der Waals surface area contributed by atoms with Crippen molar-refractivity contribution in [3.63, 3.8) is 0 Å². The number of nitro groups is 1. The van der Waals surface area contributed by atoms with Crippen LogP contribution in [0, 0.1) is 16.0 Å². The lowest BCUT2D eigenvalue weighted by Crippen LogP contribution is -2.56. The molecule has 1 heterocycles. The SMILES string of the molecule is CC(=O)N[C@@H](C(=O)N1CCN(c2ccc([N+](=O)[O-])cc2)CC1)C(C)C. The first-order valence-corrected chi connectivity index (χ1v) is 8.35. The number of non-ortho nitro benzene ring substituents is 1. The number of rotatable bonds is 5.